The molecule has 40 heavy (non-hydrogen) atoms. The molecule has 1 aromatic rings. The molecule has 3 aliphatic rings. The van der Waals surface area contributed by atoms with Crippen LogP contribution < -0.4 is 4.74 Å². The Kier molecular flexibility index (Phi) is 10.2. The van der Waals surface area contributed by atoms with Gasteiger partial charge in [-0.2, -0.15) is 0 Å². The van der Waals surface area contributed by atoms with Crippen LogP contribution in [0.15, 0.2) is 24.3 Å². The Morgan fingerprint density at radius 3 is 1.88 bits per heavy atom. The highest BCUT2D eigenvalue weighted by Crippen LogP contribution is 2.32. The molecular weight excluding hydrogens is 544 g/mol. The molecule has 0 spiro atoms. The number of benzene rings is 1. The predicted molar refractivity (Wildman–Crippen MR) is 126 cm³/mol. The lowest BCUT2D eigenvalue weighted by Gasteiger charge is -2.46. The van der Waals surface area contributed by atoms with E-state index >= 15 is 0 Å². The van der Waals surface area contributed by atoms with Gasteiger partial charge in [0.15, 0.2) is 18.7 Å². The predicted octanol–water partition coefficient (Wildman–Crippen LogP) is -4.75. The van der Waals surface area contributed by atoms with Crippen LogP contribution in [0.5, 0.6) is 11.5 Å². The minimum absolute atomic E-state index is 0.0691. The van der Waals surface area contributed by atoms with Crippen molar-refractivity contribution in [2.24, 2.45) is 0 Å². The van der Waals surface area contributed by atoms with Crippen LogP contribution in [0.1, 0.15) is 6.92 Å². The molecule has 15 atom stereocenters. The number of hydrogen-bond donors (Lipinski definition) is 10. The summed E-state index contributed by atoms with van der Waals surface area (Å²) in [5.74, 6) is 0.0609. The van der Waals surface area contributed by atoms with E-state index in [0.29, 0.717) is 0 Å². The number of rotatable bonds is 8. The lowest BCUT2D eigenvalue weighted by molar-refractivity contribution is -0.362. The first-order valence-corrected chi connectivity index (χ1v) is 12.7. The summed E-state index contributed by atoms with van der Waals surface area (Å²) in [4.78, 5) is 0. The summed E-state index contributed by atoms with van der Waals surface area (Å²) >= 11 is 0. The first-order valence-electron chi connectivity index (χ1n) is 12.7. The highest BCUT2D eigenvalue weighted by Gasteiger charge is 2.52. The average Bonchev–Trinajstić information content (AvgIpc) is 2.94. The number of phenolic OH excluding ortho intramolecular Hbond substituents is 1. The number of aliphatic hydroxyl groups is 9. The van der Waals surface area contributed by atoms with E-state index in [9.17, 15) is 51.1 Å². The normalized spacial score (nSPS) is 46.2. The second-order valence-corrected chi connectivity index (χ2v) is 9.95. The summed E-state index contributed by atoms with van der Waals surface area (Å²) in [6, 6.07) is 5.35. The SMILES string of the molecule is C[C@@H]1O[C@@H](OC[C@H]2O[C@@H](Oc3ccc(O)cc3)[C@H](O[C@@H]3O[C@H](CO)[C@@H](O)[C@H](O)[C@H]3O)[C@@H](O)[C@@H]2O)[C@H](O)[C@H](O)[C@H]1O. The van der Waals surface area contributed by atoms with Crippen molar-refractivity contribution in [1.29, 1.82) is 0 Å². The van der Waals surface area contributed by atoms with Gasteiger partial charge in [-0.1, -0.05) is 0 Å². The molecule has 0 saturated carbocycles. The Hall–Kier alpha value is -1.74. The summed E-state index contributed by atoms with van der Waals surface area (Å²) in [7, 11) is 0. The van der Waals surface area contributed by atoms with Gasteiger partial charge in [-0.15, -0.1) is 0 Å². The zero-order valence-corrected chi connectivity index (χ0v) is 21.3. The van der Waals surface area contributed by atoms with Gasteiger partial charge in [0.2, 0.25) is 6.29 Å². The lowest BCUT2D eigenvalue weighted by Crippen LogP contribution is -2.65. The Morgan fingerprint density at radius 2 is 1.23 bits per heavy atom. The van der Waals surface area contributed by atoms with Crippen LogP contribution in [0.2, 0.25) is 0 Å². The van der Waals surface area contributed by atoms with Crippen LogP contribution in [0.4, 0.5) is 0 Å². The second kappa shape index (κ2) is 13.1. The molecular formula is C24H36O16. The van der Waals surface area contributed by atoms with E-state index in [4.69, 9.17) is 28.4 Å². The van der Waals surface area contributed by atoms with Crippen molar-refractivity contribution in [3.8, 4) is 11.5 Å². The van der Waals surface area contributed by atoms with Crippen LogP contribution >= 0.6 is 0 Å². The van der Waals surface area contributed by atoms with E-state index < -0.39 is 105 Å². The van der Waals surface area contributed by atoms with E-state index in [1.54, 1.807) is 0 Å². The van der Waals surface area contributed by atoms with E-state index in [2.05, 4.69) is 0 Å². The maximum Gasteiger partial charge on any atom is 0.229 e. The molecule has 3 aliphatic heterocycles. The Balaban J connectivity index is 1.51. The highest BCUT2D eigenvalue weighted by atomic mass is 16.8. The van der Waals surface area contributed by atoms with Gasteiger partial charge in [0.1, 0.15) is 72.5 Å². The minimum atomic E-state index is -1.83. The van der Waals surface area contributed by atoms with Gasteiger partial charge in [-0.3, -0.25) is 0 Å². The molecule has 4 rings (SSSR count). The minimum Gasteiger partial charge on any atom is -0.508 e. The molecule has 16 nitrogen and oxygen atoms in total. The fraction of sp³-hybridized carbons (Fsp3) is 0.750. The molecule has 0 aliphatic carbocycles. The van der Waals surface area contributed by atoms with Gasteiger partial charge < -0.3 is 79.5 Å². The fourth-order valence-corrected chi connectivity index (χ4v) is 4.62. The molecule has 3 saturated heterocycles. The molecule has 0 bridgehead atoms. The van der Waals surface area contributed by atoms with Crippen LogP contribution in [0, 0.1) is 0 Å². The first kappa shape index (κ1) is 31.2. The second-order valence-electron chi connectivity index (χ2n) is 9.95. The van der Waals surface area contributed by atoms with Gasteiger partial charge in [-0.05, 0) is 31.2 Å². The van der Waals surface area contributed by atoms with Gasteiger partial charge in [0.05, 0.1) is 19.3 Å². The number of phenols is 1. The van der Waals surface area contributed by atoms with Crippen LogP contribution in [-0.2, 0) is 23.7 Å². The summed E-state index contributed by atoms with van der Waals surface area (Å²) in [6.07, 6.45) is -23.1. The monoisotopic (exact) mass is 580 g/mol. The van der Waals surface area contributed by atoms with Crippen molar-refractivity contribution in [3.05, 3.63) is 24.3 Å². The summed E-state index contributed by atoms with van der Waals surface area (Å²) in [5.41, 5.74) is 0. The molecule has 10 N–H and O–H groups in total. The molecule has 3 fully saturated rings. The van der Waals surface area contributed by atoms with Crippen molar-refractivity contribution in [1.82, 2.24) is 0 Å². The van der Waals surface area contributed by atoms with Crippen LogP contribution in [-0.4, -0.2) is 156 Å². The number of aliphatic hydroxyl groups excluding tert-OH is 9. The van der Waals surface area contributed by atoms with Crippen molar-refractivity contribution in [2.45, 2.75) is 99.0 Å². The molecule has 3 heterocycles. The third kappa shape index (κ3) is 6.50. The van der Waals surface area contributed by atoms with E-state index in [-0.39, 0.29) is 11.5 Å². The summed E-state index contributed by atoms with van der Waals surface area (Å²) < 4.78 is 33.4. The third-order valence-corrected chi connectivity index (χ3v) is 7.11. The number of ether oxygens (including phenoxy) is 6. The maximum absolute atomic E-state index is 11.0. The molecule has 228 valence electrons. The van der Waals surface area contributed by atoms with E-state index in [1.807, 2.05) is 0 Å². The Bertz CT molecular complexity index is 934. The number of aromatic hydroxyl groups is 1. The third-order valence-electron chi connectivity index (χ3n) is 7.11. The zero-order chi connectivity index (χ0) is 29.3. The topological polar surface area (TPSA) is 258 Å². The van der Waals surface area contributed by atoms with Crippen LogP contribution in [0.3, 0.4) is 0 Å². The van der Waals surface area contributed by atoms with Gasteiger partial charge in [0, 0.05) is 0 Å². The standard InChI is InChI=1S/C24H36O16/c1-8-13(27)16(30)19(33)22(36-8)35-7-12-15(29)18(32)21(24(39-12)37-10-4-2-9(26)3-5-10)40-23-20(34)17(31)14(28)11(6-25)38-23/h2-5,8,11-34H,6-7H2,1H3/t8-,11+,12+,13-,14+,15+,16+,17-,18-,19+,20+,21+,22+,23-,24+/m0/s1. The molecule has 0 amide bonds. The summed E-state index contributed by atoms with van der Waals surface area (Å²) in [5, 5.41) is 101. The highest BCUT2D eigenvalue weighted by molar-refractivity contribution is 5.30. The fourth-order valence-electron chi connectivity index (χ4n) is 4.62. The van der Waals surface area contributed by atoms with Crippen molar-refractivity contribution < 1.29 is 79.5 Å². The van der Waals surface area contributed by atoms with E-state index in [0.717, 1.165) is 0 Å². The largest absolute Gasteiger partial charge is 0.508 e. The molecule has 16 heteroatoms. The quantitative estimate of drug-likeness (QED) is 0.138. The lowest BCUT2D eigenvalue weighted by atomic mass is 9.97. The average molecular weight is 581 g/mol. The van der Waals surface area contributed by atoms with Gasteiger partial charge >= 0.3 is 0 Å². The summed E-state index contributed by atoms with van der Waals surface area (Å²) in [6.45, 7) is 0.218. The molecule has 1 aromatic carbocycles. The van der Waals surface area contributed by atoms with Crippen molar-refractivity contribution in [3.63, 3.8) is 0 Å². The van der Waals surface area contributed by atoms with Crippen LogP contribution in [0.25, 0.3) is 0 Å². The first-order chi connectivity index (χ1) is 18.9. The Morgan fingerprint density at radius 1 is 0.650 bits per heavy atom. The zero-order valence-electron chi connectivity index (χ0n) is 21.3. The molecule has 0 aromatic heterocycles. The van der Waals surface area contributed by atoms with Crippen molar-refractivity contribution in [2.75, 3.05) is 13.2 Å². The smallest absolute Gasteiger partial charge is 0.229 e. The molecule has 0 radical (unpaired) electrons. The van der Waals surface area contributed by atoms with Gasteiger partial charge in [0.25, 0.3) is 0 Å². The number of hydrogen-bond acceptors (Lipinski definition) is 16. The van der Waals surface area contributed by atoms with Gasteiger partial charge in [-0.25, -0.2) is 0 Å². The van der Waals surface area contributed by atoms with Crippen molar-refractivity contribution >= 4 is 0 Å². The van der Waals surface area contributed by atoms with E-state index in [1.165, 1.54) is 31.2 Å². The molecule has 0 unspecified atom stereocenters. The maximum atomic E-state index is 11.0. The Labute approximate surface area is 228 Å².